The van der Waals surface area contributed by atoms with Crippen LogP contribution in [-0.4, -0.2) is 57.8 Å². The normalized spacial score (nSPS) is 19.7. The van der Waals surface area contributed by atoms with Crippen molar-refractivity contribution in [3.8, 4) is 0 Å². The van der Waals surface area contributed by atoms with Crippen LogP contribution in [0, 0.1) is 5.92 Å². The Balaban J connectivity index is 1.42. The minimum Gasteiger partial charge on any atom is -0.476 e. The van der Waals surface area contributed by atoms with Crippen LogP contribution in [0.2, 0.25) is 5.02 Å². The lowest BCUT2D eigenvalue weighted by molar-refractivity contribution is 0.0663. The Morgan fingerprint density at radius 1 is 1.27 bits per heavy atom. The third-order valence-electron chi connectivity index (χ3n) is 5.02. The Morgan fingerprint density at radius 3 is 2.88 bits per heavy atom. The van der Waals surface area contributed by atoms with E-state index in [0.29, 0.717) is 31.2 Å². The average molecular weight is 375 g/mol. The molecular weight excluding hydrogens is 356 g/mol. The summed E-state index contributed by atoms with van der Waals surface area (Å²) in [5.74, 6) is -0.872. The molecule has 0 saturated carbocycles. The molecule has 4 rings (SSSR count). The molecule has 1 aromatic heterocycles. The lowest BCUT2D eigenvalue weighted by atomic mass is 10.1. The summed E-state index contributed by atoms with van der Waals surface area (Å²) in [6.45, 7) is 3.57. The summed E-state index contributed by atoms with van der Waals surface area (Å²) < 4.78 is 1.50. The van der Waals surface area contributed by atoms with Crippen LogP contribution in [0.4, 0.5) is 5.69 Å². The maximum absolute atomic E-state index is 12.7. The van der Waals surface area contributed by atoms with Gasteiger partial charge >= 0.3 is 5.97 Å². The van der Waals surface area contributed by atoms with Gasteiger partial charge in [0.1, 0.15) is 5.69 Å². The minimum absolute atomic E-state index is 0.0804. The number of carbonyl (C=O) groups excluding carboxylic acids is 1. The van der Waals surface area contributed by atoms with Gasteiger partial charge in [-0.2, -0.15) is 5.10 Å². The highest BCUT2D eigenvalue weighted by Crippen LogP contribution is 2.27. The molecule has 1 unspecified atom stereocenters. The van der Waals surface area contributed by atoms with Crippen LogP contribution < -0.4 is 4.90 Å². The molecule has 8 heteroatoms. The van der Waals surface area contributed by atoms with Crippen molar-refractivity contribution in [3.63, 3.8) is 0 Å². The zero-order valence-electron chi connectivity index (χ0n) is 14.1. The molecule has 7 nitrogen and oxygen atoms in total. The van der Waals surface area contributed by atoms with E-state index >= 15 is 0 Å². The summed E-state index contributed by atoms with van der Waals surface area (Å²) in [4.78, 5) is 27.8. The maximum atomic E-state index is 12.7. The van der Waals surface area contributed by atoms with Gasteiger partial charge in [-0.15, -0.1) is 0 Å². The Labute approximate surface area is 155 Å². The number of aromatic nitrogens is 2. The van der Waals surface area contributed by atoms with Gasteiger partial charge in [0.2, 0.25) is 0 Å². The number of hydrogen-bond donors (Lipinski definition) is 1. The topological polar surface area (TPSA) is 78.7 Å². The van der Waals surface area contributed by atoms with Crippen LogP contribution in [-0.2, 0) is 6.54 Å². The molecule has 0 bridgehead atoms. The highest BCUT2D eigenvalue weighted by Gasteiger charge is 2.31. The number of benzene rings is 1. The van der Waals surface area contributed by atoms with Crippen LogP contribution in [0.15, 0.2) is 30.3 Å². The van der Waals surface area contributed by atoms with Crippen LogP contribution >= 0.6 is 11.6 Å². The van der Waals surface area contributed by atoms with E-state index in [-0.39, 0.29) is 11.6 Å². The van der Waals surface area contributed by atoms with Gasteiger partial charge in [-0.05, 0) is 30.5 Å². The quantitative estimate of drug-likeness (QED) is 0.887. The Hall–Kier alpha value is -2.54. The van der Waals surface area contributed by atoms with Crippen molar-refractivity contribution in [1.82, 2.24) is 14.7 Å². The first-order valence-electron chi connectivity index (χ1n) is 8.62. The van der Waals surface area contributed by atoms with Gasteiger partial charge in [0, 0.05) is 43.0 Å². The zero-order valence-corrected chi connectivity index (χ0v) is 14.9. The summed E-state index contributed by atoms with van der Waals surface area (Å²) in [5, 5.41) is 13.8. The van der Waals surface area contributed by atoms with Gasteiger partial charge in [0.15, 0.2) is 5.69 Å². The number of hydrogen-bond acceptors (Lipinski definition) is 4. The maximum Gasteiger partial charge on any atom is 0.356 e. The lowest BCUT2D eigenvalue weighted by Crippen LogP contribution is -2.43. The van der Waals surface area contributed by atoms with Crippen molar-refractivity contribution in [2.45, 2.75) is 13.0 Å². The highest BCUT2D eigenvalue weighted by molar-refractivity contribution is 6.30. The second kappa shape index (κ2) is 6.64. The van der Waals surface area contributed by atoms with Crippen LogP contribution in [0.25, 0.3) is 0 Å². The van der Waals surface area contributed by atoms with Gasteiger partial charge in [0.05, 0.1) is 6.54 Å². The predicted molar refractivity (Wildman–Crippen MR) is 96.9 cm³/mol. The number of carboxylic acid groups (broad SMARTS) is 1. The molecule has 2 aromatic rings. The molecule has 1 saturated heterocycles. The number of halogens is 1. The highest BCUT2D eigenvalue weighted by atomic mass is 35.5. The van der Waals surface area contributed by atoms with E-state index in [1.165, 1.54) is 10.7 Å². The largest absolute Gasteiger partial charge is 0.476 e. The second-order valence-electron chi connectivity index (χ2n) is 6.77. The number of rotatable bonds is 4. The summed E-state index contributed by atoms with van der Waals surface area (Å²) in [7, 11) is 0. The van der Waals surface area contributed by atoms with Crippen LogP contribution in [0.5, 0.6) is 0 Å². The first-order valence-corrected chi connectivity index (χ1v) is 9.00. The van der Waals surface area contributed by atoms with Crippen LogP contribution in [0.1, 0.15) is 27.4 Å². The molecule has 1 aromatic carbocycles. The Kier molecular flexibility index (Phi) is 4.32. The molecular formula is C18H19ClN4O3. The molecule has 1 N–H and O–H groups in total. The molecule has 26 heavy (non-hydrogen) atoms. The summed E-state index contributed by atoms with van der Waals surface area (Å²) in [6, 6.07) is 9.18. The number of nitrogens with zero attached hydrogens (tertiary/aromatic N) is 4. The van der Waals surface area contributed by atoms with Crippen molar-refractivity contribution in [2.24, 2.45) is 5.92 Å². The fraction of sp³-hybridized carbons (Fsp3) is 0.389. The zero-order chi connectivity index (χ0) is 18.3. The van der Waals surface area contributed by atoms with E-state index in [1.807, 2.05) is 29.2 Å². The molecule has 0 spiro atoms. The fourth-order valence-electron chi connectivity index (χ4n) is 3.72. The number of fused-ring (bicyclic) bond motifs is 1. The van der Waals surface area contributed by atoms with Crippen molar-refractivity contribution < 1.29 is 14.7 Å². The average Bonchev–Trinajstić information content (AvgIpc) is 3.25. The van der Waals surface area contributed by atoms with Gasteiger partial charge in [-0.1, -0.05) is 17.7 Å². The van der Waals surface area contributed by atoms with E-state index in [1.54, 1.807) is 0 Å². The van der Waals surface area contributed by atoms with Gasteiger partial charge in [-0.25, -0.2) is 4.79 Å². The number of carboxylic acids is 1. The van der Waals surface area contributed by atoms with Crippen molar-refractivity contribution in [2.75, 3.05) is 31.1 Å². The minimum atomic E-state index is -1.11. The van der Waals surface area contributed by atoms with E-state index in [9.17, 15) is 9.59 Å². The molecule has 136 valence electrons. The number of anilines is 1. The third kappa shape index (κ3) is 3.14. The van der Waals surface area contributed by atoms with Gasteiger partial charge in [0.25, 0.3) is 5.91 Å². The molecule has 0 radical (unpaired) electrons. The smallest absolute Gasteiger partial charge is 0.356 e. The van der Waals surface area contributed by atoms with Gasteiger partial charge in [-0.3, -0.25) is 9.48 Å². The van der Waals surface area contributed by atoms with Crippen molar-refractivity contribution >= 4 is 29.2 Å². The SMILES string of the molecule is O=C(O)c1cc2n(n1)CCN(CC1CCN(c3cccc(Cl)c3)C1)C2=O. The molecule has 2 aliphatic rings. The third-order valence-corrected chi connectivity index (χ3v) is 5.26. The van der Waals surface area contributed by atoms with E-state index in [2.05, 4.69) is 10.00 Å². The molecule has 1 amide bonds. The fourth-order valence-corrected chi connectivity index (χ4v) is 3.90. The van der Waals surface area contributed by atoms with E-state index in [0.717, 1.165) is 30.2 Å². The second-order valence-corrected chi connectivity index (χ2v) is 7.21. The Morgan fingerprint density at radius 2 is 2.12 bits per heavy atom. The van der Waals surface area contributed by atoms with Crippen LogP contribution in [0.3, 0.4) is 0 Å². The molecule has 1 atom stereocenters. The number of aromatic carboxylic acids is 1. The van der Waals surface area contributed by atoms with E-state index in [4.69, 9.17) is 16.7 Å². The summed E-state index contributed by atoms with van der Waals surface area (Å²) in [5.41, 5.74) is 1.38. The van der Waals surface area contributed by atoms with Gasteiger partial charge < -0.3 is 14.9 Å². The molecule has 3 heterocycles. The van der Waals surface area contributed by atoms with Crippen molar-refractivity contribution in [1.29, 1.82) is 0 Å². The summed E-state index contributed by atoms with van der Waals surface area (Å²) >= 11 is 6.08. The standard InChI is InChI=1S/C18H19ClN4O3/c19-13-2-1-3-14(8-13)21-5-4-12(10-21)11-22-6-7-23-16(17(22)24)9-15(20-23)18(25)26/h1-3,8-9,12H,4-7,10-11H2,(H,25,26). The number of amides is 1. The Bertz CT molecular complexity index is 866. The first-order chi connectivity index (χ1) is 12.5. The predicted octanol–water partition coefficient (Wildman–Crippen LogP) is 2.22. The monoisotopic (exact) mass is 374 g/mol. The number of carbonyl (C=O) groups is 2. The van der Waals surface area contributed by atoms with E-state index < -0.39 is 5.97 Å². The summed E-state index contributed by atoms with van der Waals surface area (Å²) in [6.07, 6.45) is 1.01. The first kappa shape index (κ1) is 16.9. The molecule has 2 aliphatic heterocycles. The molecule has 0 aliphatic carbocycles. The molecule has 1 fully saturated rings. The van der Waals surface area contributed by atoms with Crippen molar-refractivity contribution in [3.05, 3.63) is 46.7 Å². The lowest BCUT2D eigenvalue weighted by Gasteiger charge is -2.29.